The third-order valence-corrected chi connectivity index (χ3v) is 2.15. The maximum absolute atomic E-state index is 9.38. The number of nitrogens with two attached hydrogens (primary N) is 1. The van der Waals surface area contributed by atoms with Gasteiger partial charge < -0.3 is 15.4 Å². The van der Waals surface area contributed by atoms with Gasteiger partial charge in [0.15, 0.2) is 0 Å². The molecule has 0 amide bonds. The minimum absolute atomic E-state index is 0.0569. The molecule has 0 fully saturated rings. The molecule has 12 heavy (non-hydrogen) atoms. The van der Waals surface area contributed by atoms with Gasteiger partial charge in [-0.25, -0.2) is 0 Å². The van der Waals surface area contributed by atoms with Crippen molar-refractivity contribution in [3.63, 3.8) is 0 Å². The lowest BCUT2D eigenvalue weighted by atomic mass is 9.79. The highest BCUT2D eigenvalue weighted by Gasteiger charge is 2.32. The number of rotatable bonds is 0. The number of hydrogen-bond acceptors (Lipinski definition) is 3. The molecule has 0 saturated carbocycles. The van der Waals surface area contributed by atoms with E-state index in [0.717, 1.165) is 11.0 Å². The van der Waals surface area contributed by atoms with Crippen LogP contribution < -0.4 is 11.2 Å². The second-order valence-corrected chi connectivity index (χ2v) is 3.02. The van der Waals surface area contributed by atoms with E-state index >= 15 is 0 Å². The first-order chi connectivity index (χ1) is 5.68. The van der Waals surface area contributed by atoms with Gasteiger partial charge in [-0.05, 0) is 30.1 Å². The summed E-state index contributed by atoms with van der Waals surface area (Å²) in [7, 11) is -0.782. The highest BCUT2D eigenvalue weighted by Crippen LogP contribution is 2.23. The molecule has 0 spiro atoms. The Bertz CT molecular complexity index is 316. The van der Waals surface area contributed by atoms with E-state index in [1.807, 2.05) is 13.0 Å². The van der Waals surface area contributed by atoms with E-state index in [-0.39, 0.29) is 6.10 Å². The Morgan fingerprint density at radius 2 is 2.33 bits per heavy atom. The molecule has 4 heteroatoms. The van der Waals surface area contributed by atoms with Crippen LogP contribution in [-0.2, 0) is 4.65 Å². The zero-order valence-electron chi connectivity index (χ0n) is 6.82. The summed E-state index contributed by atoms with van der Waals surface area (Å²) in [6.45, 7) is 1.90. The van der Waals surface area contributed by atoms with Crippen LogP contribution in [0, 0.1) is 0 Å². The summed E-state index contributed by atoms with van der Waals surface area (Å²) in [5, 5.41) is 9.38. The average Bonchev–Trinajstić information content (AvgIpc) is 2.28. The Hall–Kier alpha value is -0.995. The van der Waals surface area contributed by atoms with Crippen LogP contribution in [0.15, 0.2) is 18.2 Å². The molecule has 0 saturated heterocycles. The van der Waals surface area contributed by atoms with Gasteiger partial charge in [-0.1, -0.05) is 6.07 Å². The molecule has 0 aliphatic carbocycles. The molecular formula is C8H10BNO2. The van der Waals surface area contributed by atoms with Gasteiger partial charge in [0.2, 0.25) is 0 Å². The molecule has 1 atom stereocenters. The largest absolute Gasteiger partial charge is 0.491 e. The van der Waals surface area contributed by atoms with Crippen LogP contribution in [0.25, 0.3) is 0 Å². The molecular weight excluding hydrogens is 153 g/mol. The molecule has 1 aliphatic rings. The number of benzene rings is 1. The zero-order chi connectivity index (χ0) is 8.72. The Balaban J connectivity index is 2.53. The Morgan fingerprint density at radius 3 is 3.08 bits per heavy atom. The minimum atomic E-state index is -0.782. The average molecular weight is 163 g/mol. The van der Waals surface area contributed by atoms with Crippen molar-refractivity contribution >= 4 is 18.3 Å². The van der Waals surface area contributed by atoms with Crippen molar-refractivity contribution in [2.75, 3.05) is 5.73 Å². The summed E-state index contributed by atoms with van der Waals surface area (Å²) in [6, 6.07) is 5.42. The number of nitrogen functional groups attached to an aromatic ring is 1. The lowest BCUT2D eigenvalue weighted by Crippen LogP contribution is -2.27. The smallest absolute Gasteiger partial charge is 0.423 e. The van der Waals surface area contributed by atoms with Gasteiger partial charge in [-0.3, -0.25) is 0 Å². The van der Waals surface area contributed by atoms with Crippen LogP contribution in [-0.4, -0.2) is 12.1 Å². The van der Waals surface area contributed by atoms with Crippen LogP contribution in [0.3, 0.4) is 0 Å². The first kappa shape index (κ1) is 7.64. The van der Waals surface area contributed by atoms with Crippen molar-refractivity contribution in [3.8, 4) is 0 Å². The molecule has 1 heterocycles. The van der Waals surface area contributed by atoms with Crippen molar-refractivity contribution in [2.45, 2.75) is 13.0 Å². The summed E-state index contributed by atoms with van der Waals surface area (Å²) >= 11 is 0. The van der Waals surface area contributed by atoms with Gasteiger partial charge in [0.05, 0.1) is 6.10 Å². The molecule has 1 aliphatic heterocycles. The van der Waals surface area contributed by atoms with Crippen molar-refractivity contribution < 1.29 is 9.68 Å². The predicted molar refractivity (Wildman–Crippen MR) is 48.0 cm³/mol. The van der Waals surface area contributed by atoms with Crippen LogP contribution >= 0.6 is 0 Å². The van der Waals surface area contributed by atoms with Gasteiger partial charge in [-0.15, -0.1) is 0 Å². The van der Waals surface area contributed by atoms with E-state index in [1.165, 1.54) is 0 Å². The molecule has 0 radical (unpaired) electrons. The number of fused-ring (bicyclic) bond motifs is 1. The molecule has 0 aromatic heterocycles. The summed E-state index contributed by atoms with van der Waals surface area (Å²) in [5.74, 6) is 0. The minimum Gasteiger partial charge on any atom is -0.423 e. The lowest BCUT2D eigenvalue weighted by molar-refractivity contribution is 0.209. The Morgan fingerprint density at radius 1 is 1.58 bits per heavy atom. The molecule has 0 bridgehead atoms. The van der Waals surface area contributed by atoms with E-state index < -0.39 is 7.12 Å². The van der Waals surface area contributed by atoms with Gasteiger partial charge in [0, 0.05) is 5.69 Å². The van der Waals surface area contributed by atoms with Gasteiger partial charge in [-0.2, -0.15) is 0 Å². The van der Waals surface area contributed by atoms with Crippen LogP contribution in [0.5, 0.6) is 0 Å². The molecule has 1 aromatic carbocycles. The maximum Gasteiger partial charge on any atom is 0.491 e. The third-order valence-electron chi connectivity index (χ3n) is 2.15. The van der Waals surface area contributed by atoms with Crippen LogP contribution in [0.1, 0.15) is 18.6 Å². The van der Waals surface area contributed by atoms with Crippen molar-refractivity contribution in [2.24, 2.45) is 0 Å². The lowest BCUT2D eigenvalue weighted by Gasteiger charge is -2.03. The van der Waals surface area contributed by atoms with Crippen molar-refractivity contribution in [1.29, 1.82) is 0 Å². The Kier molecular flexibility index (Phi) is 1.59. The van der Waals surface area contributed by atoms with Gasteiger partial charge in [0.1, 0.15) is 0 Å². The predicted octanol–water partition coefficient (Wildman–Crippen LogP) is 0.0475. The topological polar surface area (TPSA) is 55.5 Å². The fourth-order valence-electron chi connectivity index (χ4n) is 1.51. The van der Waals surface area contributed by atoms with Crippen molar-refractivity contribution in [3.05, 3.63) is 23.8 Å². The molecule has 3 nitrogen and oxygen atoms in total. The number of anilines is 1. The summed E-state index contributed by atoms with van der Waals surface area (Å²) in [4.78, 5) is 0. The SMILES string of the molecule is CC1OB(O)c2ccc(N)cc21. The quantitative estimate of drug-likeness (QED) is 0.419. The first-order valence-electron chi connectivity index (χ1n) is 3.91. The fraction of sp³-hybridized carbons (Fsp3) is 0.250. The molecule has 3 N–H and O–H groups in total. The van der Waals surface area contributed by atoms with Gasteiger partial charge >= 0.3 is 7.12 Å². The molecule has 62 valence electrons. The highest BCUT2D eigenvalue weighted by atomic mass is 16.5. The van der Waals surface area contributed by atoms with Crippen LogP contribution in [0.4, 0.5) is 5.69 Å². The normalized spacial score (nSPS) is 21.2. The Labute approximate surface area is 71.3 Å². The summed E-state index contributed by atoms with van der Waals surface area (Å²) in [6.07, 6.45) is -0.0569. The third kappa shape index (κ3) is 1.00. The molecule has 1 aromatic rings. The van der Waals surface area contributed by atoms with E-state index in [1.54, 1.807) is 12.1 Å². The van der Waals surface area contributed by atoms with E-state index in [0.29, 0.717) is 5.69 Å². The van der Waals surface area contributed by atoms with E-state index in [9.17, 15) is 5.02 Å². The van der Waals surface area contributed by atoms with E-state index in [4.69, 9.17) is 10.4 Å². The second kappa shape index (κ2) is 2.50. The van der Waals surface area contributed by atoms with Crippen LogP contribution in [0.2, 0.25) is 0 Å². The molecule has 2 rings (SSSR count). The monoisotopic (exact) mass is 163 g/mol. The summed E-state index contributed by atoms with van der Waals surface area (Å²) in [5.41, 5.74) is 8.13. The second-order valence-electron chi connectivity index (χ2n) is 3.02. The van der Waals surface area contributed by atoms with Crippen molar-refractivity contribution in [1.82, 2.24) is 0 Å². The maximum atomic E-state index is 9.38. The van der Waals surface area contributed by atoms with Gasteiger partial charge in [0.25, 0.3) is 0 Å². The van der Waals surface area contributed by atoms with E-state index in [2.05, 4.69) is 0 Å². The summed E-state index contributed by atoms with van der Waals surface area (Å²) < 4.78 is 5.19. The number of hydrogen-bond donors (Lipinski definition) is 2. The zero-order valence-corrected chi connectivity index (χ0v) is 6.82. The standard InChI is InChI=1S/C8H10BNO2/c1-5-7-4-6(10)2-3-8(7)9(11)12-5/h2-5,11H,10H2,1H3. The highest BCUT2D eigenvalue weighted by molar-refractivity contribution is 6.61. The first-order valence-corrected chi connectivity index (χ1v) is 3.91. The fourth-order valence-corrected chi connectivity index (χ4v) is 1.51. The molecule has 1 unspecified atom stereocenters.